The fraction of sp³-hybridized carbons (Fsp3) is 0.810. The Bertz CT molecular complexity index is 991. The molecule has 0 saturated heterocycles. The van der Waals surface area contributed by atoms with Gasteiger partial charge in [0, 0.05) is 12.8 Å². The third-order valence-electron chi connectivity index (χ3n) is 8.64. The molecule has 0 aliphatic rings. The summed E-state index contributed by atoms with van der Waals surface area (Å²) in [5.41, 5.74) is 0. The van der Waals surface area contributed by atoms with E-state index in [4.69, 9.17) is 18.5 Å². The number of carbonyl (C=O) groups excluding carboxylic acids is 2. The molecular formula is C42H79NO8P+. The van der Waals surface area contributed by atoms with Crippen LogP contribution >= 0.6 is 7.82 Å². The lowest BCUT2D eigenvalue weighted by Gasteiger charge is -2.24. The Kier molecular flexibility index (Phi) is 33.8. The van der Waals surface area contributed by atoms with E-state index in [9.17, 15) is 19.0 Å². The maximum Gasteiger partial charge on any atom is 0.472 e. The number of nitrogens with zero attached hydrogens (tertiary/aromatic N) is 1. The van der Waals surface area contributed by atoms with E-state index in [1.54, 1.807) is 0 Å². The van der Waals surface area contributed by atoms with Crippen molar-refractivity contribution < 1.29 is 42.1 Å². The molecule has 9 nitrogen and oxygen atoms in total. The number of unbranched alkanes of at least 4 members (excludes halogenated alkanes) is 17. The number of rotatable bonds is 37. The fourth-order valence-corrected chi connectivity index (χ4v) is 6.07. The van der Waals surface area contributed by atoms with Gasteiger partial charge in [-0.3, -0.25) is 18.6 Å². The number of phosphoric acid groups is 1. The lowest BCUT2D eigenvalue weighted by atomic mass is 10.1. The van der Waals surface area contributed by atoms with E-state index in [2.05, 4.69) is 50.3 Å². The second-order valence-corrected chi connectivity index (χ2v) is 16.5. The first kappa shape index (κ1) is 50.2. The number of hydrogen-bond donors (Lipinski definition) is 1. The van der Waals surface area contributed by atoms with E-state index in [1.807, 2.05) is 21.1 Å². The lowest BCUT2D eigenvalue weighted by molar-refractivity contribution is -0.870. The van der Waals surface area contributed by atoms with E-state index in [-0.39, 0.29) is 32.0 Å². The number of ether oxygens (including phenoxy) is 2. The minimum atomic E-state index is -4.37. The summed E-state index contributed by atoms with van der Waals surface area (Å²) >= 11 is 0. The maximum absolute atomic E-state index is 12.6. The zero-order valence-electron chi connectivity index (χ0n) is 34.0. The van der Waals surface area contributed by atoms with Crippen molar-refractivity contribution in [1.29, 1.82) is 0 Å². The van der Waals surface area contributed by atoms with Gasteiger partial charge in [-0.25, -0.2) is 4.57 Å². The molecule has 0 spiro atoms. The second kappa shape index (κ2) is 35.0. The molecule has 0 saturated carbocycles. The third-order valence-corrected chi connectivity index (χ3v) is 9.63. The van der Waals surface area contributed by atoms with Gasteiger partial charge >= 0.3 is 19.8 Å². The first-order valence-corrected chi connectivity index (χ1v) is 22.2. The van der Waals surface area contributed by atoms with Crippen LogP contribution in [0, 0.1) is 0 Å². The minimum absolute atomic E-state index is 0.0272. The number of hydrogen-bond acceptors (Lipinski definition) is 7. The van der Waals surface area contributed by atoms with Gasteiger partial charge in [0.2, 0.25) is 0 Å². The molecule has 0 aromatic heterocycles. The van der Waals surface area contributed by atoms with Crippen LogP contribution in [0.3, 0.4) is 0 Å². The van der Waals surface area contributed by atoms with Crippen molar-refractivity contribution in [2.75, 3.05) is 47.5 Å². The van der Waals surface area contributed by atoms with Gasteiger partial charge in [0.05, 0.1) is 27.7 Å². The molecule has 10 heteroatoms. The molecule has 0 amide bonds. The summed E-state index contributed by atoms with van der Waals surface area (Å²) in [4.78, 5) is 35.3. The van der Waals surface area contributed by atoms with E-state index in [0.29, 0.717) is 17.4 Å². The van der Waals surface area contributed by atoms with Crippen molar-refractivity contribution in [2.24, 2.45) is 0 Å². The van der Waals surface area contributed by atoms with Crippen LogP contribution in [0.2, 0.25) is 0 Å². The minimum Gasteiger partial charge on any atom is -0.462 e. The number of carbonyl (C=O) groups is 2. The van der Waals surface area contributed by atoms with Gasteiger partial charge in [-0.2, -0.15) is 0 Å². The van der Waals surface area contributed by atoms with Crippen molar-refractivity contribution in [2.45, 2.75) is 174 Å². The summed E-state index contributed by atoms with van der Waals surface area (Å²) in [7, 11) is 1.46. The van der Waals surface area contributed by atoms with Gasteiger partial charge in [0.25, 0.3) is 0 Å². The standard InChI is InChI=1S/C42H78NO8P/c1-6-8-10-12-14-16-18-20-21-23-25-27-29-31-33-35-42(45)51-40(39-50-52(46,47)49-37-36-43(3,4)5)38-48-41(44)34-32-30-28-26-24-22-19-17-15-13-11-9-7-2/h14,16-17,19-21,40H,6-13,15,18,22-39H2,1-5H3/p+1/b16-14-,19-17-,21-20-/t40-/m1/s1. The van der Waals surface area contributed by atoms with Crippen LogP contribution in [-0.4, -0.2) is 74.9 Å². The van der Waals surface area contributed by atoms with Gasteiger partial charge in [-0.05, 0) is 70.6 Å². The Hall–Kier alpha value is -1.77. The Balaban J connectivity index is 4.44. The van der Waals surface area contributed by atoms with Gasteiger partial charge in [0.1, 0.15) is 19.8 Å². The molecular weight excluding hydrogens is 677 g/mol. The Morgan fingerprint density at radius 1 is 0.596 bits per heavy atom. The molecule has 0 fully saturated rings. The highest BCUT2D eigenvalue weighted by molar-refractivity contribution is 7.47. The summed E-state index contributed by atoms with van der Waals surface area (Å²) in [5.74, 6) is -0.826. The van der Waals surface area contributed by atoms with Crippen LogP contribution < -0.4 is 0 Å². The largest absolute Gasteiger partial charge is 0.472 e. The zero-order valence-corrected chi connectivity index (χ0v) is 34.9. The van der Waals surface area contributed by atoms with Crippen molar-refractivity contribution in [3.8, 4) is 0 Å². The van der Waals surface area contributed by atoms with Gasteiger partial charge in [-0.15, -0.1) is 0 Å². The molecule has 0 aliphatic heterocycles. The van der Waals surface area contributed by atoms with Crippen molar-refractivity contribution in [1.82, 2.24) is 0 Å². The number of phosphoric ester groups is 1. The van der Waals surface area contributed by atoms with E-state index in [0.717, 1.165) is 77.0 Å². The molecule has 0 radical (unpaired) electrons. The lowest BCUT2D eigenvalue weighted by Crippen LogP contribution is -2.37. The molecule has 0 bridgehead atoms. The fourth-order valence-electron chi connectivity index (χ4n) is 5.33. The smallest absolute Gasteiger partial charge is 0.462 e. The summed E-state index contributed by atoms with van der Waals surface area (Å²) in [6.45, 7) is 4.34. The number of quaternary nitrogens is 1. The number of allylic oxidation sites excluding steroid dienone is 6. The molecule has 0 aromatic rings. The van der Waals surface area contributed by atoms with Crippen LogP contribution in [0.25, 0.3) is 0 Å². The Morgan fingerprint density at radius 3 is 1.58 bits per heavy atom. The molecule has 0 aliphatic carbocycles. The topological polar surface area (TPSA) is 108 Å². The molecule has 52 heavy (non-hydrogen) atoms. The average Bonchev–Trinajstić information content (AvgIpc) is 3.09. The predicted octanol–water partition coefficient (Wildman–Crippen LogP) is 11.4. The molecule has 1 N–H and O–H groups in total. The van der Waals surface area contributed by atoms with Crippen LogP contribution in [0.4, 0.5) is 0 Å². The Morgan fingerprint density at radius 2 is 1.04 bits per heavy atom. The predicted molar refractivity (Wildman–Crippen MR) is 215 cm³/mol. The molecule has 304 valence electrons. The maximum atomic E-state index is 12.6. The van der Waals surface area contributed by atoms with Crippen LogP contribution in [0.15, 0.2) is 36.5 Å². The first-order chi connectivity index (χ1) is 25.0. The van der Waals surface area contributed by atoms with Gasteiger partial charge in [-0.1, -0.05) is 121 Å². The van der Waals surface area contributed by atoms with E-state index in [1.165, 1.54) is 57.8 Å². The molecule has 2 atom stereocenters. The summed E-state index contributed by atoms with van der Waals surface area (Å²) in [5, 5.41) is 0. The quantitative estimate of drug-likeness (QED) is 0.0219. The van der Waals surface area contributed by atoms with Crippen LogP contribution in [0.5, 0.6) is 0 Å². The van der Waals surface area contributed by atoms with Crippen LogP contribution in [0.1, 0.15) is 168 Å². The van der Waals surface area contributed by atoms with E-state index >= 15 is 0 Å². The van der Waals surface area contributed by atoms with Gasteiger partial charge in [0.15, 0.2) is 6.10 Å². The Labute approximate surface area is 319 Å². The summed E-state index contributed by atoms with van der Waals surface area (Å²) < 4.78 is 34.2. The zero-order chi connectivity index (χ0) is 38.6. The van der Waals surface area contributed by atoms with Crippen molar-refractivity contribution >= 4 is 19.8 Å². The highest BCUT2D eigenvalue weighted by Gasteiger charge is 2.27. The number of esters is 2. The molecule has 0 rings (SSSR count). The molecule has 0 heterocycles. The van der Waals surface area contributed by atoms with Crippen molar-refractivity contribution in [3.63, 3.8) is 0 Å². The summed E-state index contributed by atoms with van der Waals surface area (Å²) in [6.07, 6.45) is 37.5. The summed E-state index contributed by atoms with van der Waals surface area (Å²) in [6, 6.07) is 0. The first-order valence-electron chi connectivity index (χ1n) is 20.7. The third kappa shape index (κ3) is 38.0. The van der Waals surface area contributed by atoms with Crippen molar-refractivity contribution in [3.05, 3.63) is 36.5 Å². The normalized spacial score (nSPS) is 14.0. The monoisotopic (exact) mass is 757 g/mol. The molecule has 1 unspecified atom stereocenters. The highest BCUT2D eigenvalue weighted by atomic mass is 31.2. The average molecular weight is 757 g/mol. The SMILES string of the molecule is CCCCC/C=C\C/C=C\CCCCCCCC(=O)O[C@H](COC(=O)CCCCCCC/C=C\CCCCCC)COP(=O)(O)OCC[N+](C)(C)C. The molecule has 0 aromatic carbocycles. The highest BCUT2D eigenvalue weighted by Crippen LogP contribution is 2.43. The van der Waals surface area contributed by atoms with E-state index < -0.39 is 26.5 Å². The number of likely N-dealkylation sites (N-methyl/N-ethyl adjacent to an activating group) is 1. The van der Waals surface area contributed by atoms with Crippen LogP contribution in [-0.2, 0) is 32.7 Å². The second-order valence-electron chi connectivity index (χ2n) is 15.0. The van der Waals surface area contributed by atoms with Gasteiger partial charge < -0.3 is 18.9 Å².